The maximum Gasteiger partial charge on any atom is 0.215 e. The van der Waals surface area contributed by atoms with Crippen molar-refractivity contribution in [2.45, 2.75) is 20.4 Å². The second kappa shape index (κ2) is 7.28. The highest BCUT2D eigenvalue weighted by Gasteiger charge is 2.13. The van der Waals surface area contributed by atoms with Gasteiger partial charge >= 0.3 is 0 Å². The average molecular weight is 387 g/mol. The van der Waals surface area contributed by atoms with Crippen molar-refractivity contribution in [1.82, 2.24) is 29.3 Å². The zero-order chi connectivity index (χ0) is 20.5. The lowest BCUT2D eigenvalue weighted by Gasteiger charge is -2.07. The summed E-state index contributed by atoms with van der Waals surface area (Å²) in [5, 5.41) is 14.2. The van der Waals surface area contributed by atoms with Crippen molar-refractivity contribution in [2.75, 3.05) is 7.11 Å². The summed E-state index contributed by atoms with van der Waals surface area (Å²) in [6, 6.07) is 8.07. The third-order valence-electron chi connectivity index (χ3n) is 4.93. The average Bonchev–Trinajstić information content (AvgIpc) is 3.39. The van der Waals surface area contributed by atoms with Crippen LogP contribution in [-0.2, 0) is 13.6 Å². The number of nitrogens with zero attached hydrogens (tertiary/aromatic N) is 6. The van der Waals surface area contributed by atoms with E-state index in [9.17, 15) is 5.26 Å². The van der Waals surface area contributed by atoms with Gasteiger partial charge in [0.25, 0.3) is 0 Å². The van der Waals surface area contributed by atoms with Crippen LogP contribution in [0.2, 0.25) is 0 Å². The summed E-state index contributed by atoms with van der Waals surface area (Å²) in [5.41, 5.74) is 6.06. The number of pyridine rings is 1. The van der Waals surface area contributed by atoms with Crippen molar-refractivity contribution in [2.24, 2.45) is 7.05 Å². The van der Waals surface area contributed by atoms with Crippen LogP contribution in [0.5, 0.6) is 5.88 Å². The molecule has 0 bridgehead atoms. The van der Waals surface area contributed by atoms with Crippen LogP contribution in [0.25, 0.3) is 22.7 Å². The number of hydrogen-bond acceptors (Lipinski definition) is 5. The van der Waals surface area contributed by atoms with Crippen molar-refractivity contribution in [3.8, 4) is 11.9 Å². The molecule has 0 saturated carbocycles. The molecule has 0 amide bonds. The van der Waals surface area contributed by atoms with E-state index < -0.39 is 0 Å². The number of aromatic amines is 1. The van der Waals surface area contributed by atoms with Crippen LogP contribution in [-0.4, -0.2) is 36.4 Å². The van der Waals surface area contributed by atoms with Crippen molar-refractivity contribution < 1.29 is 4.74 Å². The van der Waals surface area contributed by atoms with Gasteiger partial charge in [0, 0.05) is 30.7 Å². The SMILES string of the molecule is COc1cc2nc(/C(C#N)=C/c3cc(C)n(Cc4ccn(C)n4)c3C)[nH]c2cn1. The Labute approximate surface area is 168 Å². The molecule has 0 fully saturated rings. The number of H-pyrrole nitrogens is 1. The first-order valence-electron chi connectivity index (χ1n) is 9.15. The maximum absolute atomic E-state index is 9.73. The molecule has 0 saturated heterocycles. The number of methoxy groups -OCH3 is 1. The van der Waals surface area contributed by atoms with E-state index in [1.54, 1.807) is 24.1 Å². The highest BCUT2D eigenvalue weighted by molar-refractivity contribution is 5.90. The highest BCUT2D eigenvalue weighted by Crippen LogP contribution is 2.24. The number of imidazole rings is 1. The molecular weight excluding hydrogens is 366 g/mol. The first-order valence-corrected chi connectivity index (χ1v) is 9.15. The molecule has 0 aliphatic heterocycles. The van der Waals surface area contributed by atoms with E-state index in [0.29, 0.717) is 29.3 Å². The molecule has 0 spiro atoms. The molecule has 4 heterocycles. The van der Waals surface area contributed by atoms with E-state index in [-0.39, 0.29) is 0 Å². The number of nitrogens with one attached hydrogen (secondary N) is 1. The molecule has 8 heteroatoms. The summed E-state index contributed by atoms with van der Waals surface area (Å²) in [4.78, 5) is 11.9. The quantitative estimate of drug-likeness (QED) is 0.530. The van der Waals surface area contributed by atoms with Crippen LogP contribution < -0.4 is 4.74 Å². The van der Waals surface area contributed by atoms with Crippen molar-refractivity contribution in [1.29, 1.82) is 5.26 Å². The third-order valence-corrected chi connectivity index (χ3v) is 4.93. The van der Waals surface area contributed by atoms with Gasteiger partial charge in [-0.05, 0) is 37.6 Å². The van der Waals surface area contributed by atoms with Gasteiger partial charge in [0.1, 0.15) is 11.9 Å². The van der Waals surface area contributed by atoms with Crippen molar-refractivity contribution in [3.63, 3.8) is 0 Å². The van der Waals surface area contributed by atoms with Gasteiger partial charge in [-0.3, -0.25) is 4.68 Å². The molecule has 4 aromatic rings. The Morgan fingerprint density at radius 2 is 2.17 bits per heavy atom. The molecular formula is C21H21N7O. The topological polar surface area (TPSA) is 97.3 Å². The predicted molar refractivity (Wildman–Crippen MR) is 110 cm³/mol. The molecule has 4 aromatic heterocycles. The van der Waals surface area contributed by atoms with Crippen LogP contribution in [0.4, 0.5) is 0 Å². The number of fused-ring (bicyclic) bond motifs is 1. The second-order valence-electron chi connectivity index (χ2n) is 6.89. The lowest BCUT2D eigenvalue weighted by Crippen LogP contribution is -2.05. The standard InChI is InChI=1S/C21H21N7O/c1-13-7-15(14(2)28(13)12-17-5-6-27(3)26-17)8-16(10-22)21-24-18-9-20(29-4)23-11-19(18)25-21/h5-9,11H,12H2,1-4H3,(H,24,25)/b16-8+. The van der Waals surface area contributed by atoms with Gasteiger partial charge in [-0.15, -0.1) is 0 Å². The van der Waals surface area contributed by atoms with E-state index >= 15 is 0 Å². The zero-order valence-corrected chi connectivity index (χ0v) is 16.8. The molecule has 0 radical (unpaired) electrons. The molecule has 0 unspecified atom stereocenters. The van der Waals surface area contributed by atoms with Gasteiger partial charge in [-0.2, -0.15) is 10.4 Å². The van der Waals surface area contributed by atoms with Gasteiger partial charge in [0.05, 0.1) is 42.2 Å². The highest BCUT2D eigenvalue weighted by atomic mass is 16.5. The lowest BCUT2D eigenvalue weighted by molar-refractivity contribution is 0.398. The fourth-order valence-electron chi connectivity index (χ4n) is 3.37. The van der Waals surface area contributed by atoms with Gasteiger partial charge in [0.2, 0.25) is 5.88 Å². The number of rotatable bonds is 5. The minimum Gasteiger partial charge on any atom is -0.481 e. The number of aromatic nitrogens is 6. The molecule has 0 aromatic carbocycles. The fourth-order valence-corrected chi connectivity index (χ4v) is 3.37. The summed E-state index contributed by atoms with van der Waals surface area (Å²) in [6.07, 6.45) is 5.45. The van der Waals surface area contributed by atoms with Crippen LogP contribution in [0.3, 0.4) is 0 Å². The first-order chi connectivity index (χ1) is 14.0. The van der Waals surface area contributed by atoms with E-state index in [2.05, 4.69) is 43.7 Å². The van der Waals surface area contributed by atoms with Crippen LogP contribution in [0.1, 0.15) is 28.5 Å². The normalized spacial score (nSPS) is 11.8. The van der Waals surface area contributed by atoms with Crippen LogP contribution in [0.15, 0.2) is 30.6 Å². The molecule has 0 atom stereocenters. The molecule has 0 aliphatic rings. The summed E-state index contributed by atoms with van der Waals surface area (Å²) in [5.74, 6) is 0.989. The Morgan fingerprint density at radius 1 is 1.34 bits per heavy atom. The maximum atomic E-state index is 9.73. The Morgan fingerprint density at radius 3 is 2.86 bits per heavy atom. The predicted octanol–water partition coefficient (Wildman–Crippen LogP) is 3.23. The molecule has 1 N–H and O–H groups in total. The summed E-state index contributed by atoms with van der Waals surface area (Å²) in [7, 11) is 3.47. The van der Waals surface area contributed by atoms with Gasteiger partial charge in [-0.25, -0.2) is 9.97 Å². The number of allylic oxidation sites excluding steroid dienone is 1. The minimum absolute atomic E-state index is 0.457. The van der Waals surface area contributed by atoms with Crippen LogP contribution >= 0.6 is 0 Å². The largest absolute Gasteiger partial charge is 0.481 e. The number of ether oxygens (including phenoxy) is 1. The van der Waals surface area contributed by atoms with Gasteiger partial charge in [-0.1, -0.05) is 0 Å². The minimum atomic E-state index is 0.457. The molecule has 4 rings (SSSR count). The summed E-state index contributed by atoms with van der Waals surface area (Å²) < 4.78 is 9.13. The van der Waals surface area contributed by atoms with Crippen LogP contribution in [0, 0.1) is 25.2 Å². The lowest BCUT2D eigenvalue weighted by atomic mass is 10.1. The second-order valence-corrected chi connectivity index (χ2v) is 6.89. The number of aryl methyl sites for hydroxylation is 2. The van der Waals surface area contributed by atoms with Gasteiger partial charge < -0.3 is 14.3 Å². The van der Waals surface area contributed by atoms with Crippen molar-refractivity contribution >= 4 is 22.7 Å². The monoisotopic (exact) mass is 387 g/mol. The fraction of sp³-hybridized carbons (Fsp3) is 0.238. The number of nitriles is 1. The third kappa shape index (κ3) is 3.50. The molecule has 29 heavy (non-hydrogen) atoms. The summed E-state index contributed by atoms with van der Waals surface area (Å²) in [6.45, 7) is 4.78. The van der Waals surface area contributed by atoms with Gasteiger partial charge in [0.15, 0.2) is 0 Å². The van der Waals surface area contributed by atoms with Crippen molar-refractivity contribution in [3.05, 3.63) is 59.1 Å². The smallest absolute Gasteiger partial charge is 0.215 e. The summed E-state index contributed by atoms with van der Waals surface area (Å²) >= 11 is 0. The Hall–Kier alpha value is -3.86. The zero-order valence-electron chi connectivity index (χ0n) is 16.8. The van der Waals surface area contributed by atoms with E-state index in [0.717, 1.165) is 28.2 Å². The van der Waals surface area contributed by atoms with E-state index in [1.165, 1.54) is 0 Å². The van der Waals surface area contributed by atoms with E-state index in [4.69, 9.17) is 4.74 Å². The molecule has 8 nitrogen and oxygen atoms in total. The number of hydrogen-bond donors (Lipinski definition) is 1. The Bertz CT molecular complexity index is 1270. The first kappa shape index (κ1) is 18.5. The molecule has 0 aliphatic carbocycles. The molecule has 146 valence electrons. The van der Waals surface area contributed by atoms with E-state index in [1.807, 2.05) is 32.3 Å². The Balaban J connectivity index is 1.70. The Kier molecular flexibility index (Phi) is 4.64.